The molecule has 2 aromatic rings. The number of Topliss-reactive ketones (excluding diaryl/α,β-unsaturated/α-hetero) is 1. The van der Waals surface area contributed by atoms with Crippen LogP contribution in [0.1, 0.15) is 57.4 Å². The van der Waals surface area contributed by atoms with Gasteiger partial charge in [-0.25, -0.2) is 9.97 Å². The van der Waals surface area contributed by atoms with Gasteiger partial charge in [0.15, 0.2) is 11.6 Å². The number of carbonyl (C=O) groups excluding carboxylic acids is 1. The summed E-state index contributed by atoms with van der Waals surface area (Å²) in [5.74, 6) is 0.988. The Bertz CT molecular complexity index is 949. The number of nitrogens with one attached hydrogen (secondary N) is 1. The van der Waals surface area contributed by atoms with Crippen molar-refractivity contribution in [2.24, 2.45) is 0 Å². The highest BCUT2D eigenvalue weighted by atomic mass is 19.1. The molecular weight excluding hydrogens is 411 g/mol. The van der Waals surface area contributed by atoms with E-state index in [2.05, 4.69) is 15.3 Å². The lowest BCUT2D eigenvalue weighted by atomic mass is 9.80. The molecule has 1 aliphatic carbocycles. The third-order valence-corrected chi connectivity index (χ3v) is 6.43. The predicted molar refractivity (Wildman–Crippen MR) is 121 cm³/mol. The second-order valence-corrected chi connectivity index (χ2v) is 9.14. The van der Waals surface area contributed by atoms with E-state index in [1.165, 1.54) is 6.33 Å². The zero-order valence-electron chi connectivity index (χ0n) is 18.7. The van der Waals surface area contributed by atoms with Gasteiger partial charge in [0.25, 0.3) is 0 Å². The summed E-state index contributed by atoms with van der Waals surface area (Å²) < 4.78 is 21.1. The largest absolute Gasteiger partial charge is 0.489 e. The van der Waals surface area contributed by atoms with Crippen LogP contribution in [0.5, 0.6) is 5.75 Å². The standard InChI is InChI=1S/C24H31FN4O3/c1-16(12-17(2)30)18-4-6-19(7-5-18)32-20-8-11-29(13-20)23-21(25)22(27-15-28-23)26-14-24(31)9-3-10-24/h4-7,15-16,20,31H,3,8-14H2,1-2H3,(H,26,27,28)/t16-,20-/m1/s1. The Morgan fingerprint density at radius 2 is 2.09 bits per heavy atom. The minimum atomic E-state index is -0.760. The second kappa shape index (κ2) is 9.40. The Kier molecular flexibility index (Phi) is 6.60. The van der Waals surface area contributed by atoms with Crippen molar-refractivity contribution >= 4 is 17.4 Å². The van der Waals surface area contributed by atoms with Gasteiger partial charge in [-0.1, -0.05) is 19.1 Å². The molecule has 8 heteroatoms. The number of aliphatic hydroxyl groups is 1. The third-order valence-electron chi connectivity index (χ3n) is 6.43. The average Bonchev–Trinajstić information content (AvgIpc) is 3.20. The van der Waals surface area contributed by atoms with Crippen molar-refractivity contribution in [3.05, 3.63) is 42.0 Å². The zero-order chi connectivity index (χ0) is 22.7. The lowest BCUT2D eigenvalue weighted by Crippen LogP contribution is -2.43. The Hall–Kier alpha value is -2.74. The van der Waals surface area contributed by atoms with Crippen molar-refractivity contribution in [3.63, 3.8) is 0 Å². The van der Waals surface area contributed by atoms with Gasteiger partial charge in [0.2, 0.25) is 5.82 Å². The van der Waals surface area contributed by atoms with E-state index in [0.717, 1.165) is 37.0 Å². The van der Waals surface area contributed by atoms with Gasteiger partial charge in [-0.15, -0.1) is 0 Å². The van der Waals surface area contributed by atoms with Crippen molar-refractivity contribution in [2.75, 3.05) is 29.9 Å². The number of aromatic nitrogens is 2. The molecular formula is C24H31FN4O3. The van der Waals surface area contributed by atoms with E-state index >= 15 is 4.39 Å². The van der Waals surface area contributed by atoms with Crippen LogP contribution in [0.2, 0.25) is 0 Å². The van der Waals surface area contributed by atoms with Gasteiger partial charge >= 0.3 is 0 Å². The summed E-state index contributed by atoms with van der Waals surface area (Å²) in [5, 5.41) is 13.2. The van der Waals surface area contributed by atoms with Crippen molar-refractivity contribution in [1.82, 2.24) is 9.97 Å². The summed E-state index contributed by atoms with van der Waals surface area (Å²) in [5.41, 5.74) is 0.346. The summed E-state index contributed by atoms with van der Waals surface area (Å²) in [6.07, 6.45) is 5.00. The van der Waals surface area contributed by atoms with E-state index in [0.29, 0.717) is 19.5 Å². The van der Waals surface area contributed by atoms with Gasteiger partial charge in [0.05, 0.1) is 12.1 Å². The Morgan fingerprint density at radius 3 is 2.75 bits per heavy atom. The minimum Gasteiger partial charge on any atom is -0.489 e. The van der Waals surface area contributed by atoms with E-state index in [9.17, 15) is 9.90 Å². The van der Waals surface area contributed by atoms with Crippen LogP contribution in [-0.4, -0.2) is 52.2 Å². The van der Waals surface area contributed by atoms with Crippen LogP contribution < -0.4 is 15.0 Å². The van der Waals surface area contributed by atoms with Crippen molar-refractivity contribution < 1.29 is 19.0 Å². The molecule has 0 bridgehead atoms. The first kappa shape index (κ1) is 22.5. The molecule has 32 heavy (non-hydrogen) atoms. The number of benzene rings is 1. The summed E-state index contributed by atoms with van der Waals surface area (Å²) in [4.78, 5) is 21.4. The van der Waals surface area contributed by atoms with E-state index in [1.807, 2.05) is 36.1 Å². The van der Waals surface area contributed by atoms with Crippen LogP contribution in [0.15, 0.2) is 30.6 Å². The van der Waals surface area contributed by atoms with Gasteiger partial charge in [0, 0.05) is 25.9 Å². The van der Waals surface area contributed by atoms with Gasteiger partial charge < -0.3 is 24.9 Å². The molecule has 1 saturated heterocycles. The summed E-state index contributed by atoms with van der Waals surface area (Å²) in [6.45, 7) is 5.09. The maximum absolute atomic E-state index is 15.0. The number of halogens is 1. The van der Waals surface area contributed by atoms with Crippen molar-refractivity contribution in [2.45, 2.75) is 63.6 Å². The normalized spacial score (nSPS) is 20.5. The quantitative estimate of drug-likeness (QED) is 0.612. The fourth-order valence-electron chi connectivity index (χ4n) is 4.35. The number of carbonyl (C=O) groups is 1. The summed E-state index contributed by atoms with van der Waals surface area (Å²) >= 11 is 0. The van der Waals surface area contributed by atoms with Crippen LogP contribution in [0.3, 0.4) is 0 Å². The molecule has 7 nitrogen and oxygen atoms in total. The topological polar surface area (TPSA) is 87.6 Å². The second-order valence-electron chi connectivity index (χ2n) is 9.14. The highest BCUT2D eigenvalue weighted by Crippen LogP contribution is 2.32. The van der Waals surface area contributed by atoms with Crippen LogP contribution >= 0.6 is 0 Å². The molecule has 0 unspecified atom stereocenters. The molecule has 0 radical (unpaired) electrons. The first-order chi connectivity index (χ1) is 15.3. The van der Waals surface area contributed by atoms with Crippen molar-refractivity contribution in [1.29, 1.82) is 0 Å². The number of rotatable bonds is 9. The van der Waals surface area contributed by atoms with Crippen LogP contribution in [-0.2, 0) is 4.79 Å². The molecule has 2 aliphatic rings. The Labute approximate surface area is 188 Å². The van der Waals surface area contributed by atoms with Crippen molar-refractivity contribution in [3.8, 4) is 5.75 Å². The Balaban J connectivity index is 1.34. The monoisotopic (exact) mass is 442 g/mol. The van der Waals surface area contributed by atoms with E-state index < -0.39 is 11.4 Å². The van der Waals surface area contributed by atoms with Crippen LogP contribution in [0.4, 0.5) is 16.0 Å². The van der Waals surface area contributed by atoms with E-state index in [4.69, 9.17) is 4.74 Å². The SMILES string of the molecule is CC(=O)C[C@@H](C)c1ccc(O[C@@H]2CCN(c3ncnc(NCC4(O)CCC4)c3F)C2)cc1. The number of ether oxygens (including phenoxy) is 1. The molecule has 4 rings (SSSR count). The molecule has 1 aromatic carbocycles. The lowest BCUT2D eigenvalue weighted by molar-refractivity contribution is -0.117. The molecule has 2 atom stereocenters. The molecule has 2 N–H and O–H groups in total. The van der Waals surface area contributed by atoms with E-state index in [-0.39, 0.29) is 36.0 Å². The molecule has 0 amide bonds. The first-order valence-corrected chi connectivity index (χ1v) is 11.3. The fourth-order valence-corrected chi connectivity index (χ4v) is 4.35. The zero-order valence-corrected chi connectivity index (χ0v) is 18.7. The Morgan fingerprint density at radius 1 is 1.34 bits per heavy atom. The fraction of sp³-hybridized carbons (Fsp3) is 0.542. The molecule has 172 valence electrons. The molecule has 2 fully saturated rings. The number of hydrogen-bond donors (Lipinski definition) is 2. The van der Waals surface area contributed by atoms with Gasteiger partial charge in [-0.3, -0.25) is 0 Å². The number of anilines is 2. The van der Waals surface area contributed by atoms with Gasteiger partial charge in [0.1, 0.15) is 24.0 Å². The minimum absolute atomic E-state index is 0.0723. The molecule has 1 saturated carbocycles. The number of ketones is 1. The average molecular weight is 443 g/mol. The molecule has 1 aromatic heterocycles. The predicted octanol–water partition coefficient (Wildman–Crippen LogP) is 3.68. The number of nitrogens with zero attached hydrogens (tertiary/aromatic N) is 3. The van der Waals surface area contributed by atoms with Crippen LogP contribution in [0.25, 0.3) is 0 Å². The van der Waals surface area contributed by atoms with E-state index in [1.54, 1.807) is 6.92 Å². The van der Waals surface area contributed by atoms with Crippen LogP contribution in [0, 0.1) is 5.82 Å². The third kappa shape index (κ3) is 5.18. The summed E-state index contributed by atoms with van der Waals surface area (Å²) in [7, 11) is 0. The maximum atomic E-state index is 15.0. The lowest BCUT2D eigenvalue weighted by Gasteiger charge is -2.36. The molecule has 1 aliphatic heterocycles. The number of hydrogen-bond acceptors (Lipinski definition) is 7. The van der Waals surface area contributed by atoms with Gasteiger partial charge in [-0.2, -0.15) is 4.39 Å². The molecule has 2 heterocycles. The van der Waals surface area contributed by atoms with Gasteiger partial charge in [-0.05, 0) is 49.8 Å². The smallest absolute Gasteiger partial charge is 0.207 e. The summed E-state index contributed by atoms with van der Waals surface area (Å²) in [6, 6.07) is 7.83. The highest BCUT2D eigenvalue weighted by Gasteiger charge is 2.35. The highest BCUT2D eigenvalue weighted by molar-refractivity contribution is 5.76. The first-order valence-electron chi connectivity index (χ1n) is 11.3. The maximum Gasteiger partial charge on any atom is 0.207 e. The molecule has 0 spiro atoms.